The lowest BCUT2D eigenvalue weighted by atomic mass is 9.91. The number of para-hydroxylation sites is 1. The van der Waals surface area contributed by atoms with E-state index in [0.717, 1.165) is 50.4 Å². The Morgan fingerprint density at radius 2 is 1.61 bits per heavy atom. The Morgan fingerprint density at radius 1 is 0.909 bits per heavy atom. The third-order valence-electron chi connectivity index (χ3n) is 7.16. The van der Waals surface area contributed by atoms with Crippen LogP contribution in [0.15, 0.2) is 93.8 Å². The van der Waals surface area contributed by atoms with E-state index in [2.05, 4.69) is 95.7 Å². The molecular formula is C28H29N3OS. The maximum absolute atomic E-state index is 6.73. The Labute approximate surface area is 200 Å². The fourth-order valence-electron chi connectivity index (χ4n) is 5.29. The molecule has 1 atom stereocenters. The van der Waals surface area contributed by atoms with Gasteiger partial charge in [-0.25, -0.2) is 5.01 Å². The van der Waals surface area contributed by atoms with Gasteiger partial charge in [0.15, 0.2) is 0 Å². The molecule has 0 amide bonds. The molecule has 0 N–H and O–H groups in total. The summed E-state index contributed by atoms with van der Waals surface area (Å²) in [5, 5.41) is 7.53. The van der Waals surface area contributed by atoms with Crippen LogP contribution in [0.4, 0.5) is 0 Å². The van der Waals surface area contributed by atoms with Crippen LogP contribution in [0, 0.1) is 0 Å². The fourth-order valence-corrected chi connectivity index (χ4v) is 6.13. The van der Waals surface area contributed by atoms with Crippen LogP contribution in [0.2, 0.25) is 0 Å². The molecule has 3 aliphatic heterocycles. The van der Waals surface area contributed by atoms with Crippen molar-refractivity contribution in [3.8, 4) is 5.75 Å². The number of likely N-dealkylation sites (tertiary alicyclic amines) is 1. The SMILES string of the molecule is CCN1CCC2(CC1)Oc1ccccc1[C@@H]1CC(c3ccc(Sc4ccccc4)cc3)=NN12. The third-order valence-corrected chi connectivity index (χ3v) is 8.17. The predicted molar refractivity (Wildman–Crippen MR) is 134 cm³/mol. The maximum atomic E-state index is 6.73. The Bertz CT molecular complexity index is 1150. The van der Waals surface area contributed by atoms with Gasteiger partial charge in [-0.05, 0) is 42.4 Å². The van der Waals surface area contributed by atoms with E-state index in [0.29, 0.717) is 0 Å². The zero-order valence-electron chi connectivity index (χ0n) is 19.0. The molecule has 1 saturated heterocycles. The first-order valence-corrected chi connectivity index (χ1v) is 12.8. The van der Waals surface area contributed by atoms with Gasteiger partial charge in [0.2, 0.25) is 5.72 Å². The molecule has 5 heteroatoms. The molecule has 0 bridgehead atoms. The minimum absolute atomic E-state index is 0.247. The molecule has 0 saturated carbocycles. The summed E-state index contributed by atoms with van der Waals surface area (Å²) in [6.45, 7) is 5.44. The van der Waals surface area contributed by atoms with E-state index < -0.39 is 0 Å². The topological polar surface area (TPSA) is 28.1 Å². The van der Waals surface area contributed by atoms with E-state index in [1.807, 2.05) is 0 Å². The molecule has 1 spiro atoms. The van der Waals surface area contributed by atoms with Crippen LogP contribution in [0.25, 0.3) is 0 Å². The lowest BCUT2D eigenvalue weighted by molar-refractivity contribution is -0.149. The van der Waals surface area contributed by atoms with Gasteiger partial charge in [0.25, 0.3) is 0 Å². The van der Waals surface area contributed by atoms with Gasteiger partial charge in [-0.2, -0.15) is 5.10 Å². The van der Waals surface area contributed by atoms with E-state index in [1.54, 1.807) is 11.8 Å². The highest BCUT2D eigenvalue weighted by molar-refractivity contribution is 7.99. The Balaban J connectivity index is 1.29. The lowest BCUT2D eigenvalue weighted by Gasteiger charge is -2.51. The van der Waals surface area contributed by atoms with Gasteiger partial charge in [0, 0.05) is 47.7 Å². The van der Waals surface area contributed by atoms with Crippen molar-refractivity contribution in [3.63, 3.8) is 0 Å². The summed E-state index contributed by atoms with van der Waals surface area (Å²) in [5.74, 6) is 1.04. The number of rotatable bonds is 4. The van der Waals surface area contributed by atoms with Gasteiger partial charge < -0.3 is 9.64 Å². The first-order chi connectivity index (χ1) is 16.2. The van der Waals surface area contributed by atoms with E-state index in [4.69, 9.17) is 9.84 Å². The smallest absolute Gasteiger partial charge is 0.200 e. The number of hydrazone groups is 1. The zero-order valence-corrected chi connectivity index (χ0v) is 19.8. The van der Waals surface area contributed by atoms with Gasteiger partial charge in [0.05, 0.1) is 11.8 Å². The molecule has 3 aromatic rings. The summed E-state index contributed by atoms with van der Waals surface area (Å²) >= 11 is 1.79. The quantitative estimate of drug-likeness (QED) is 0.469. The second kappa shape index (κ2) is 8.54. The summed E-state index contributed by atoms with van der Waals surface area (Å²) in [4.78, 5) is 5.02. The molecule has 4 nitrogen and oxygen atoms in total. The number of hydrogen-bond acceptors (Lipinski definition) is 5. The fraction of sp³-hybridized carbons (Fsp3) is 0.321. The van der Waals surface area contributed by atoms with Gasteiger partial charge in [-0.3, -0.25) is 0 Å². The normalized spacial score (nSPS) is 21.3. The van der Waals surface area contributed by atoms with Crippen molar-refractivity contribution in [2.24, 2.45) is 5.10 Å². The van der Waals surface area contributed by atoms with Crippen molar-refractivity contribution < 1.29 is 4.74 Å². The summed E-state index contributed by atoms with van der Waals surface area (Å²) in [7, 11) is 0. The van der Waals surface area contributed by atoms with Crippen molar-refractivity contribution in [1.82, 2.24) is 9.91 Å². The van der Waals surface area contributed by atoms with E-state index in [1.165, 1.54) is 20.9 Å². The van der Waals surface area contributed by atoms with E-state index in [-0.39, 0.29) is 11.8 Å². The highest BCUT2D eigenvalue weighted by Crippen LogP contribution is 2.49. The average molecular weight is 456 g/mol. The molecule has 0 aliphatic carbocycles. The molecule has 3 aromatic carbocycles. The van der Waals surface area contributed by atoms with Crippen molar-refractivity contribution in [2.45, 2.75) is 47.7 Å². The average Bonchev–Trinajstić information content (AvgIpc) is 3.33. The lowest BCUT2D eigenvalue weighted by Crippen LogP contribution is -2.59. The maximum Gasteiger partial charge on any atom is 0.200 e. The van der Waals surface area contributed by atoms with Crippen LogP contribution >= 0.6 is 11.8 Å². The summed E-state index contributed by atoms with van der Waals surface area (Å²) in [6.07, 6.45) is 2.88. The monoisotopic (exact) mass is 455 g/mol. The molecular weight excluding hydrogens is 426 g/mol. The van der Waals surface area contributed by atoms with Gasteiger partial charge >= 0.3 is 0 Å². The van der Waals surface area contributed by atoms with Gasteiger partial charge in [0.1, 0.15) is 5.75 Å². The molecule has 1 fully saturated rings. The van der Waals surface area contributed by atoms with Crippen molar-refractivity contribution in [2.75, 3.05) is 19.6 Å². The highest BCUT2D eigenvalue weighted by atomic mass is 32.2. The summed E-state index contributed by atoms with van der Waals surface area (Å²) in [5.41, 5.74) is 3.29. The van der Waals surface area contributed by atoms with Crippen LogP contribution in [-0.4, -0.2) is 41.0 Å². The first-order valence-electron chi connectivity index (χ1n) is 11.9. The predicted octanol–water partition coefficient (Wildman–Crippen LogP) is 6.19. The standard InChI is InChI=1S/C28H29N3OS/c1-2-30-18-16-28(17-19-30)31-26(24-10-6-7-11-27(24)32-28)20-25(29-31)21-12-14-23(15-13-21)33-22-8-4-3-5-9-22/h3-15,26H,2,16-20H2,1H3/t26-/m0/s1. The number of piperidine rings is 1. The molecule has 0 unspecified atom stereocenters. The molecule has 168 valence electrons. The molecule has 0 aromatic heterocycles. The van der Waals surface area contributed by atoms with E-state index >= 15 is 0 Å². The summed E-state index contributed by atoms with van der Waals surface area (Å²) in [6, 6.07) is 28.2. The van der Waals surface area contributed by atoms with Gasteiger partial charge in [-0.1, -0.05) is 67.2 Å². The zero-order chi connectivity index (χ0) is 22.3. The summed E-state index contributed by atoms with van der Waals surface area (Å²) < 4.78 is 6.73. The highest BCUT2D eigenvalue weighted by Gasteiger charge is 2.51. The van der Waals surface area contributed by atoms with E-state index in [9.17, 15) is 0 Å². The van der Waals surface area contributed by atoms with Crippen molar-refractivity contribution >= 4 is 17.5 Å². The minimum atomic E-state index is -0.338. The Hall–Kier alpha value is -2.76. The number of ether oxygens (including phenoxy) is 1. The molecule has 3 heterocycles. The second-order valence-electron chi connectivity index (χ2n) is 9.07. The first kappa shape index (κ1) is 20.8. The molecule has 6 rings (SSSR count). The number of nitrogens with zero attached hydrogens (tertiary/aromatic N) is 3. The van der Waals surface area contributed by atoms with Crippen molar-refractivity contribution in [3.05, 3.63) is 90.0 Å². The minimum Gasteiger partial charge on any atom is -0.466 e. The van der Waals surface area contributed by atoms with Gasteiger partial charge in [-0.15, -0.1) is 0 Å². The largest absolute Gasteiger partial charge is 0.466 e. The molecule has 33 heavy (non-hydrogen) atoms. The number of fused-ring (bicyclic) bond motifs is 4. The Morgan fingerprint density at radius 3 is 2.36 bits per heavy atom. The van der Waals surface area contributed by atoms with Crippen LogP contribution in [-0.2, 0) is 0 Å². The van der Waals surface area contributed by atoms with Crippen LogP contribution < -0.4 is 4.74 Å². The third kappa shape index (κ3) is 3.83. The number of benzene rings is 3. The second-order valence-corrected chi connectivity index (χ2v) is 10.2. The van der Waals surface area contributed by atoms with Crippen molar-refractivity contribution in [1.29, 1.82) is 0 Å². The van der Waals surface area contributed by atoms with Crippen LogP contribution in [0.3, 0.4) is 0 Å². The number of hydrogen-bond donors (Lipinski definition) is 0. The molecule has 0 radical (unpaired) electrons. The van der Waals surface area contributed by atoms with Crippen LogP contribution in [0.5, 0.6) is 5.75 Å². The van der Waals surface area contributed by atoms with Crippen LogP contribution in [0.1, 0.15) is 43.4 Å². The molecule has 3 aliphatic rings. The Kier molecular flexibility index (Phi) is 5.39.